The Morgan fingerprint density at radius 3 is 2.93 bits per heavy atom. The van der Waals surface area contributed by atoms with Gasteiger partial charge in [-0.3, -0.25) is 0 Å². The minimum Gasteiger partial charge on any atom is -0.481 e. The molecule has 1 heterocycles. The number of carboxylic acid groups (broad SMARTS) is 1. The van der Waals surface area contributed by atoms with Gasteiger partial charge in [0.1, 0.15) is 0 Å². The fraction of sp³-hybridized carbons (Fsp3) is 0.273. The Morgan fingerprint density at radius 2 is 2.40 bits per heavy atom. The van der Waals surface area contributed by atoms with E-state index in [4.69, 9.17) is 9.84 Å². The molecule has 1 N–H and O–H groups in total. The molecule has 0 fully saturated rings. The van der Waals surface area contributed by atoms with Crippen LogP contribution in [0.1, 0.15) is 18.9 Å². The monoisotopic (exact) mass is 207 g/mol. The van der Waals surface area contributed by atoms with Crippen LogP contribution >= 0.6 is 0 Å². The molecule has 0 amide bonds. The molecule has 0 bridgehead atoms. The molecule has 1 aromatic rings. The molecule has 0 unspecified atom stereocenters. The van der Waals surface area contributed by atoms with Gasteiger partial charge in [-0.05, 0) is 24.1 Å². The summed E-state index contributed by atoms with van der Waals surface area (Å²) in [5.41, 5.74) is 1.14. The summed E-state index contributed by atoms with van der Waals surface area (Å²) >= 11 is 0. The van der Waals surface area contributed by atoms with Crippen molar-refractivity contribution >= 4 is 12.0 Å². The number of aliphatic carboxylic acids is 1. The molecule has 0 atom stereocenters. The molecule has 0 aromatic carbocycles. The summed E-state index contributed by atoms with van der Waals surface area (Å²) in [5, 5.41) is 8.85. The van der Waals surface area contributed by atoms with E-state index in [1.54, 1.807) is 31.3 Å². The molecular formula is C11H13NO3. The van der Waals surface area contributed by atoms with Gasteiger partial charge in [-0.25, -0.2) is 9.78 Å². The van der Waals surface area contributed by atoms with E-state index in [0.717, 1.165) is 5.56 Å². The number of pyridine rings is 1. The van der Waals surface area contributed by atoms with Crippen molar-refractivity contribution in [3.63, 3.8) is 0 Å². The lowest BCUT2D eigenvalue weighted by molar-refractivity contribution is -0.132. The van der Waals surface area contributed by atoms with E-state index in [-0.39, 0.29) is 0 Å². The standard InChI is InChI=1S/C11H13NO3/c1-3-9(11(13)14)6-8-4-5-12-10(7-8)15-2/h4-7H,3H2,1-2H3,(H,13,14). The van der Waals surface area contributed by atoms with Crippen LogP contribution in [0.25, 0.3) is 6.08 Å². The zero-order chi connectivity index (χ0) is 11.3. The van der Waals surface area contributed by atoms with Crippen molar-refractivity contribution < 1.29 is 14.6 Å². The molecular weight excluding hydrogens is 194 g/mol. The van der Waals surface area contributed by atoms with E-state index < -0.39 is 5.97 Å². The summed E-state index contributed by atoms with van der Waals surface area (Å²) in [5.74, 6) is -0.419. The number of carbonyl (C=O) groups is 1. The molecule has 15 heavy (non-hydrogen) atoms. The van der Waals surface area contributed by atoms with Crippen molar-refractivity contribution in [3.8, 4) is 5.88 Å². The van der Waals surface area contributed by atoms with Crippen LogP contribution in [0.4, 0.5) is 0 Å². The second-order valence-electron chi connectivity index (χ2n) is 2.96. The summed E-state index contributed by atoms with van der Waals surface area (Å²) < 4.78 is 4.94. The Bertz CT molecular complexity index is 385. The van der Waals surface area contributed by atoms with Gasteiger partial charge in [0.15, 0.2) is 0 Å². The quantitative estimate of drug-likeness (QED) is 0.767. The predicted octanol–water partition coefficient (Wildman–Crippen LogP) is 1.97. The first-order chi connectivity index (χ1) is 7.17. The zero-order valence-electron chi connectivity index (χ0n) is 8.73. The lowest BCUT2D eigenvalue weighted by atomic mass is 10.1. The number of methoxy groups -OCH3 is 1. The summed E-state index contributed by atoms with van der Waals surface area (Å²) in [6.07, 6.45) is 3.69. The van der Waals surface area contributed by atoms with E-state index in [9.17, 15) is 4.79 Å². The van der Waals surface area contributed by atoms with Crippen LogP contribution in [0.15, 0.2) is 23.9 Å². The number of carboxylic acids is 1. The molecule has 1 rings (SSSR count). The summed E-state index contributed by atoms with van der Waals surface area (Å²) in [6.45, 7) is 1.80. The highest BCUT2D eigenvalue weighted by Crippen LogP contribution is 2.13. The smallest absolute Gasteiger partial charge is 0.331 e. The third-order valence-corrected chi connectivity index (χ3v) is 1.96. The van der Waals surface area contributed by atoms with Crippen LogP contribution in [-0.2, 0) is 4.79 Å². The van der Waals surface area contributed by atoms with Gasteiger partial charge in [-0.2, -0.15) is 0 Å². The number of rotatable bonds is 4. The summed E-state index contributed by atoms with van der Waals surface area (Å²) in [7, 11) is 1.52. The molecule has 4 heteroatoms. The van der Waals surface area contributed by atoms with Crippen LogP contribution in [-0.4, -0.2) is 23.2 Å². The highest BCUT2D eigenvalue weighted by Gasteiger charge is 2.04. The molecule has 0 spiro atoms. The first kappa shape index (κ1) is 11.2. The van der Waals surface area contributed by atoms with Crippen molar-refractivity contribution in [2.24, 2.45) is 0 Å². The second-order valence-corrected chi connectivity index (χ2v) is 2.96. The van der Waals surface area contributed by atoms with E-state index in [0.29, 0.717) is 17.9 Å². The van der Waals surface area contributed by atoms with Gasteiger partial charge in [-0.15, -0.1) is 0 Å². The van der Waals surface area contributed by atoms with Gasteiger partial charge < -0.3 is 9.84 Å². The summed E-state index contributed by atoms with van der Waals surface area (Å²) in [6, 6.07) is 3.43. The maximum atomic E-state index is 10.8. The van der Waals surface area contributed by atoms with E-state index in [1.807, 2.05) is 0 Å². The molecule has 0 aliphatic heterocycles. The largest absolute Gasteiger partial charge is 0.481 e. The van der Waals surface area contributed by atoms with Crippen molar-refractivity contribution in [1.29, 1.82) is 0 Å². The lowest BCUT2D eigenvalue weighted by Gasteiger charge is -2.01. The highest BCUT2D eigenvalue weighted by atomic mass is 16.5. The first-order valence-corrected chi connectivity index (χ1v) is 4.61. The van der Waals surface area contributed by atoms with Gasteiger partial charge in [0.2, 0.25) is 5.88 Å². The fourth-order valence-corrected chi connectivity index (χ4v) is 1.14. The second kappa shape index (κ2) is 5.14. The van der Waals surface area contributed by atoms with Crippen LogP contribution in [0.2, 0.25) is 0 Å². The maximum absolute atomic E-state index is 10.8. The topological polar surface area (TPSA) is 59.4 Å². The number of hydrogen-bond acceptors (Lipinski definition) is 3. The van der Waals surface area contributed by atoms with Crippen molar-refractivity contribution in [3.05, 3.63) is 29.5 Å². The number of hydrogen-bond donors (Lipinski definition) is 1. The maximum Gasteiger partial charge on any atom is 0.331 e. The molecule has 0 saturated heterocycles. The minimum atomic E-state index is -0.895. The van der Waals surface area contributed by atoms with Gasteiger partial charge >= 0.3 is 5.97 Å². The molecule has 0 saturated carbocycles. The Morgan fingerprint density at radius 1 is 1.67 bits per heavy atom. The Kier molecular flexibility index (Phi) is 3.85. The van der Waals surface area contributed by atoms with Crippen molar-refractivity contribution in [2.45, 2.75) is 13.3 Å². The third kappa shape index (κ3) is 3.09. The fourth-order valence-electron chi connectivity index (χ4n) is 1.14. The Hall–Kier alpha value is -1.84. The Labute approximate surface area is 88.2 Å². The highest BCUT2D eigenvalue weighted by molar-refractivity contribution is 5.92. The van der Waals surface area contributed by atoms with Crippen LogP contribution in [0.5, 0.6) is 5.88 Å². The van der Waals surface area contributed by atoms with Crippen molar-refractivity contribution in [2.75, 3.05) is 7.11 Å². The average molecular weight is 207 g/mol. The number of ether oxygens (including phenoxy) is 1. The molecule has 0 aliphatic carbocycles. The van der Waals surface area contributed by atoms with Gasteiger partial charge in [0.05, 0.1) is 7.11 Å². The first-order valence-electron chi connectivity index (χ1n) is 4.61. The van der Waals surface area contributed by atoms with Crippen molar-refractivity contribution in [1.82, 2.24) is 4.98 Å². The van der Waals surface area contributed by atoms with Crippen LogP contribution in [0, 0.1) is 0 Å². The summed E-state index contributed by atoms with van der Waals surface area (Å²) in [4.78, 5) is 14.7. The zero-order valence-corrected chi connectivity index (χ0v) is 8.73. The third-order valence-electron chi connectivity index (χ3n) is 1.96. The number of aromatic nitrogens is 1. The molecule has 80 valence electrons. The Balaban J connectivity index is 3.00. The van der Waals surface area contributed by atoms with E-state index in [1.165, 1.54) is 7.11 Å². The van der Waals surface area contributed by atoms with Crippen LogP contribution < -0.4 is 4.74 Å². The van der Waals surface area contributed by atoms with Gasteiger partial charge in [0, 0.05) is 17.8 Å². The number of nitrogens with zero attached hydrogens (tertiary/aromatic N) is 1. The minimum absolute atomic E-state index is 0.364. The molecule has 0 radical (unpaired) electrons. The average Bonchev–Trinajstić information content (AvgIpc) is 2.25. The van der Waals surface area contributed by atoms with E-state index in [2.05, 4.69) is 4.98 Å². The lowest BCUT2D eigenvalue weighted by Crippen LogP contribution is -1.98. The predicted molar refractivity (Wildman–Crippen MR) is 56.7 cm³/mol. The normalized spacial score (nSPS) is 11.2. The van der Waals surface area contributed by atoms with Crippen LogP contribution in [0.3, 0.4) is 0 Å². The van der Waals surface area contributed by atoms with E-state index >= 15 is 0 Å². The molecule has 1 aromatic heterocycles. The van der Waals surface area contributed by atoms with Gasteiger partial charge in [0.25, 0.3) is 0 Å². The molecule has 0 aliphatic rings. The SMILES string of the molecule is CCC(=Cc1ccnc(OC)c1)C(=O)O. The molecule has 4 nitrogen and oxygen atoms in total. The van der Waals surface area contributed by atoms with Gasteiger partial charge in [-0.1, -0.05) is 6.92 Å².